The minimum Gasteiger partial charge on any atom is -0.170 e. The fourth-order valence-corrected chi connectivity index (χ4v) is 0.436. The third kappa shape index (κ3) is 3.40. The van der Waals surface area contributed by atoms with Crippen molar-refractivity contribution in [2.24, 2.45) is 5.92 Å². The van der Waals surface area contributed by atoms with E-state index < -0.39 is 12.1 Å². The van der Waals surface area contributed by atoms with Crippen LogP contribution in [0.3, 0.4) is 0 Å². The Kier molecular flexibility index (Phi) is 3.04. The number of alkyl halides is 3. The van der Waals surface area contributed by atoms with Gasteiger partial charge in [0.05, 0.1) is 5.92 Å². The van der Waals surface area contributed by atoms with Gasteiger partial charge in [0.2, 0.25) is 0 Å². The Balaban J connectivity index is 3.88. The molecule has 0 aliphatic rings. The van der Waals surface area contributed by atoms with Crippen LogP contribution in [0, 0.1) is 5.92 Å². The second-order valence-corrected chi connectivity index (χ2v) is 1.90. The SMILES string of the molecule is CC(/C=C\Cl)C(F)(F)F. The zero-order chi connectivity index (χ0) is 7.49. The summed E-state index contributed by atoms with van der Waals surface area (Å²) in [5.41, 5.74) is 0.873. The molecule has 0 aromatic heterocycles. The molecule has 0 aromatic carbocycles. The molecule has 54 valence electrons. The molecule has 0 N–H and O–H groups in total. The lowest BCUT2D eigenvalue weighted by molar-refractivity contribution is -0.156. The Morgan fingerprint density at radius 3 is 2.00 bits per heavy atom. The maximum atomic E-state index is 11.5. The van der Waals surface area contributed by atoms with Gasteiger partial charge in [0.15, 0.2) is 0 Å². The zero-order valence-electron chi connectivity index (χ0n) is 4.74. The average molecular weight is 159 g/mol. The molecule has 0 spiro atoms. The van der Waals surface area contributed by atoms with Gasteiger partial charge in [-0.15, -0.1) is 0 Å². The van der Waals surface area contributed by atoms with Crippen LogP contribution in [0.2, 0.25) is 0 Å². The van der Waals surface area contributed by atoms with E-state index in [0.717, 1.165) is 18.5 Å². The quantitative estimate of drug-likeness (QED) is 0.551. The summed E-state index contributed by atoms with van der Waals surface area (Å²) in [4.78, 5) is 0. The zero-order valence-corrected chi connectivity index (χ0v) is 5.50. The molecule has 0 saturated heterocycles. The molecule has 0 radical (unpaired) electrons. The Hall–Kier alpha value is -0.180. The maximum absolute atomic E-state index is 11.5. The van der Waals surface area contributed by atoms with Crippen LogP contribution in [0.1, 0.15) is 6.92 Å². The summed E-state index contributed by atoms with van der Waals surface area (Å²) >= 11 is 4.92. The predicted octanol–water partition coefficient (Wildman–Crippen LogP) is 2.94. The number of hydrogen-bond donors (Lipinski definition) is 0. The molecule has 0 nitrogen and oxygen atoms in total. The molecule has 0 fully saturated rings. The average Bonchev–Trinajstić information content (AvgIpc) is 1.64. The van der Waals surface area contributed by atoms with Crippen LogP contribution < -0.4 is 0 Å². The van der Waals surface area contributed by atoms with Gasteiger partial charge in [-0.3, -0.25) is 0 Å². The summed E-state index contributed by atoms with van der Waals surface area (Å²) in [7, 11) is 0. The van der Waals surface area contributed by atoms with Gasteiger partial charge in [0.25, 0.3) is 0 Å². The van der Waals surface area contributed by atoms with Gasteiger partial charge in [0, 0.05) is 5.54 Å². The van der Waals surface area contributed by atoms with Crippen molar-refractivity contribution in [3.05, 3.63) is 11.6 Å². The third-order valence-corrected chi connectivity index (χ3v) is 1.02. The summed E-state index contributed by atoms with van der Waals surface area (Å²) < 4.78 is 34.6. The smallest absolute Gasteiger partial charge is 0.170 e. The first kappa shape index (κ1) is 8.82. The van der Waals surface area contributed by atoms with Crippen molar-refractivity contribution in [1.82, 2.24) is 0 Å². The fourth-order valence-electron chi connectivity index (χ4n) is 0.218. The molecular formula is C5H6ClF3. The topological polar surface area (TPSA) is 0 Å². The highest BCUT2D eigenvalue weighted by atomic mass is 35.5. The van der Waals surface area contributed by atoms with E-state index in [9.17, 15) is 13.2 Å². The van der Waals surface area contributed by atoms with E-state index in [2.05, 4.69) is 0 Å². The number of rotatable bonds is 1. The molecule has 0 aliphatic heterocycles. The van der Waals surface area contributed by atoms with Crippen molar-refractivity contribution in [3.8, 4) is 0 Å². The van der Waals surface area contributed by atoms with Crippen LogP contribution in [0.15, 0.2) is 11.6 Å². The Bertz CT molecular complexity index is 105. The summed E-state index contributed by atoms with van der Waals surface area (Å²) in [6, 6.07) is 0. The summed E-state index contributed by atoms with van der Waals surface area (Å²) in [5, 5.41) is 0. The van der Waals surface area contributed by atoms with Crippen LogP contribution in [0.4, 0.5) is 13.2 Å². The number of halogens is 4. The molecule has 0 aromatic rings. The van der Waals surface area contributed by atoms with Gasteiger partial charge < -0.3 is 0 Å². The maximum Gasteiger partial charge on any atom is 0.394 e. The van der Waals surface area contributed by atoms with Crippen LogP contribution in [-0.2, 0) is 0 Å². The first-order chi connectivity index (χ1) is 3.98. The summed E-state index contributed by atoms with van der Waals surface area (Å²) in [5.74, 6) is -1.45. The van der Waals surface area contributed by atoms with Crippen molar-refractivity contribution in [1.29, 1.82) is 0 Å². The molecule has 1 unspecified atom stereocenters. The van der Waals surface area contributed by atoms with E-state index in [4.69, 9.17) is 11.6 Å². The normalized spacial score (nSPS) is 16.6. The Morgan fingerprint density at radius 2 is 1.89 bits per heavy atom. The van der Waals surface area contributed by atoms with Gasteiger partial charge in [-0.25, -0.2) is 0 Å². The Morgan fingerprint density at radius 1 is 1.44 bits per heavy atom. The number of allylic oxidation sites excluding steroid dienone is 1. The minimum absolute atomic E-state index is 0.873. The largest absolute Gasteiger partial charge is 0.394 e. The van der Waals surface area contributed by atoms with Crippen molar-refractivity contribution in [2.45, 2.75) is 13.1 Å². The van der Waals surface area contributed by atoms with E-state index >= 15 is 0 Å². The highest BCUT2D eigenvalue weighted by molar-refractivity contribution is 6.25. The van der Waals surface area contributed by atoms with E-state index in [1.54, 1.807) is 0 Å². The number of hydrogen-bond acceptors (Lipinski definition) is 0. The van der Waals surface area contributed by atoms with Crippen LogP contribution in [-0.4, -0.2) is 6.18 Å². The van der Waals surface area contributed by atoms with Crippen LogP contribution in [0.5, 0.6) is 0 Å². The standard InChI is InChI=1S/C5H6ClF3/c1-4(2-3-6)5(7,8)9/h2-4H,1H3/b3-2-. The lowest BCUT2D eigenvalue weighted by atomic mass is 10.2. The van der Waals surface area contributed by atoms with E-state index in [1.807, 2.05) is 0 Å². The lowest BCUT2D eigenvalue weighted by Gasteiger charge is -2.09. The van der Waals surface area contributed by atoms with Crippen molar-refractivity contribution in [2.75, 3.05) is 0 Å². The second-order valence-electron chi connectivity index (χ2n) is 1.65. The molecule has 0 bridgehead atoms. The predicted molar refractivity (Wildman–Crippen MR) is 30.2 cm³/mol. The van der Waals surface area contributed by atoms with Gasteiger partial charge >= 0.3 is 6.18 Å². The molecule has 0 heterocycles. The fraction of sp³-hybridized carbons (Fsp3) is 0.600. The molecule has 0 rings (SSSR count). The first-order valence-electron chi connectivity index (χ1n) is 2.32. The molecule has 9 heavy (non-hydrogen) atoms. The third-order valence-electron chi connectivity index (χ3n) is 0.878. The van der Waals surface area contributed by atoms with E-state index in [0.29, 0.717) is 0 Å². The second kappa shape index (κ2) is 3.11. The van der Waals surface area contributed by atoms with Gasteiger partial charge in [-0.2, -0.15) is 13.2 Å². The van der Waals surface area contributed by atoms with Crippen molar-refractivity contribution >= 4 is 11.6 Å². The molecule has 0 amide bonds. The Labute approximate surface area is 56.3 Å². The molecule has 0 saturated carbocycles. The highest BCUT2D eigenvalue weighted by Crippen LogP contribution is 2.26. The van der Waals surface area contributed by atoms with Gasteiger partial charge in [0.1, 0.15) is 0 Å². The first-order valence-corrected chi connectivity index (χ1v) is 2.75. The monoisotopic (exact) mass is 158 g/mol. The van der Waals surface area contributed by atoms with Crippen molar-refractivity contribution < 1.29 is 13.2 Å². The van der Waals surface area contributed by atoms with Crippen molar-refractivity contribution in [3.63, 3.8) is 0 Å². The van der Waals surface area contributed by atoms with Gasteiger partial charge in [-0.05, 0) is 0 Å². The molecular weight excluding hydrogens is 153 g/mol. The minimum atomic E-state index is -4.16. The molecule has 4 heteroatoms. The highest BCUT2D eigenvalue weighted by Gasteiger charge is 2.33. The molecule has 0 aliphatic carbocycles. The van der Waals surface area contributed by atoms with Gasteiger partial charge in [-0.1, -0.05) is 24.6 Å². The van der Waals surface area contributed by atoms with Crippen LogP contribution in [0.25, 0.3) is 0 Å². The van der Waals surface area contributed by atoms with E-state index in [1.165, 1.54) is 0 Å². The summed E-state index contributed by atoms with van der Waals surface area (Å²) in [6.45, 7) is 1.04. The molecule has 1 atom stereocenters. The lowest BCUT2D eigenvalue weighted by Crippen LogP contribution is -2.16. The van der Waals surface area contributed by atoms with E-state index in [-0.39, 0.29) is 0 Å². The summed E-state index contributed by atoms with van der Waals surface area (Å²) in [6.07, 6.45) is -3.27. The van der Waals surface area contributed by atoms with Crippen LogP contribution >= 0.6 is 11.6 Å².